The second-order valence-electron chi connectivity index (χ2n) is 7.52. The lowest BCUT2D eigenvalue weighted by molar-refractivity contribution is -0.161. The fraction of sp³-hybridized carbons (Fsp3) is 0.476. The lowest BCUT2D eigenvalue weighted by atomic mass is 9.68. The van der Waals surface area contributed by atoms with Crippen LogP contribution >= 0.6 is 0 Å². The van der Waals surface area contributed by atoms with E-state index in [0.717, 1.165) is 12.0 Å². The number of nitrogens with one attached hydrogen (secondary N) is 1. The molecule has 5 atom stereocenters. The van der Waals surface area contributed by atoms with Crippen LogP contribution in [0.3, 0.4) is 0 Å². The zero-order chi connectivity index (χ0) is 20.3. The number of benzene rings is 1. The van der Waals surface area contributed by atoms with Crippen LogP contribution in [0.1, 0.15) is 31.7 Å². The number of carboxylic acids is 2. The van der Waals surface area contributed by atoms with E-state index in [2.05, 4.69) is 5.32 Å². The molecule has 0 saturated heterocycles. The number of allylic oxidation sites excluding steroid dienone is 2. The molecule has 150 valence electrons. The molecule has 0 unspecified atom stereocenters. The fourth-order valence-electron chi connectivity index (χ4n) is 4.87. The van der Waals surface area contributed by atoms with Crippen LogP contribution in [0.15, 0.2) is 42.5 Å². The number of hydrogen-bond acceptors (Lipinski definition) is 4. The number of ether oxygens (including phenoxy) is 1. The van der Waals surface area contributed by atoms with Gasteiger partial charge in [0.2, 0.25) is 0 Å². The van der Waals surface area contributed by atoms with Gasteiger partial charge in [-0.2, -0.15) is 0 Å². The van der Waals surface area contributed by atoms with Crippen molar-refractivity contribution in [1.29, 1.82) is 0 Å². The van der Waals surface area contributed by atoms with Crippen molar-refractivity contribution < 1.29 is 29.3 Å². The average Bonchev–Trinajstić information content (AvgIpc) is 3.22. The van der Waals surface area contributed by atoms with E-state index < -0.39 is 35.4 Å². The predicted octanol–water partition coefficient (Wildman–Crippen LogP) is 3.06. The Labute approximate surface area is 163 Å². The smallest absolute Gasteiger partial charge is 0.408 e. The van der Waals surface area contributed by atoms with Crippen LogP contribution in [-0.4, -0.2) is 33.8 Å². The molecule has 28 heavy (non-hydrogen) atoms. The molecule has 1 amide bonds. The van der Waals surface area contributed by atoms with E-state index >= 15 is 0 Å². The Balaban J connectivity index is 1.83. The first kappa shape index (κ1) is 19.9. The van der Waals surface area contributed by atoms with E-state index in [1.807, 2.05) is 25.1 Å². The molecule has 0 aliphatic heterocycles. The Morgan fingerprint density at radius 3 is 2.54 bits per heavy atom. The van der Waals surface area contributed by atoms with Gasteiger partial charge in [0.15, 0.2) is 5.54 Å². The van der Waals surface area contributed by atoms with Gasteiger partial charge in [-0.3, -0.25) is 4.79 Å². The molecule has 2 bridgehead atoms. The van der Waals surface area contributed by atoms with E-state index in [0.29, 0.717) is 12.8 Å². The van der Waals surface area contributed by atoms with Crippen LogP contribution in [0.2, 0.25) is 0 Å². The van der Waals surface area contributed by atoms with Crippen molar-refractivity contribution in [3.05, 3.63) is 48.0 Å². The molecule has 2 aliphatic rings. The van der Waals surface area contributed by atoms with Crippen LogP contribution in [0.4, 0.5) is 4.79 Å². The first-order valence-corrected chi connectivity index (χ1v) is 9.51. The lowest BCUT2D eigenvalue weighted by Crippen LogP contribution is -2.65. The van der Waals surface area contributed by atoms with E-state index in [1.165, 1.54) is 0 Å². The molecule has 3 rings (SSSR count). The minimum atomic E-state index is -1.87. The molecule has 1 aromatic rings. The van der Waals surface area contributed by atoms with Crippen molar-refractivity contribution in [2.45, 2.75) is 38.3 Å². The standard InChI is InChI=1S/C21H25NO6/c1-2-3-9-14-10-15-11-16(14)21(19(25)26,17(15)18(23)24)22-20(27)28-12-13-7-5-4-6-8-13/h3-9,14-17H,2,10-12H2,1H3,(H,22,27)(H,23,24)(H,25,26)/b9-3+/t14-,15-,16-,17-,21-/m1/s1. The SMILES string of the molecule is CC/C=C/[C@@H]1C[C@@H]2C[C@H]1[C@](NC(=O)OCc1ccccc1)(C(=O)O)[C@H]2C(=O)O. The number of aliphatic carboxylic acids is 2. The quantitative estimate of drug-likeness (QED) is 0.620. The highest BCUT2D eigenvalue weighted by atomic mass is 16.5. The summed E-state index contributed by atoms with van der Waals surface area (Å²) in [7, 11) is 0. The number of amides is 1. The van der Waals surface area contributed by atoms with Crippen molar-refractivity contribution in [2.24, 2.45) is 23.7 Å². The average molecular weight is 387 g/mol. The lowest BCUT2D eigenvalue weighted by Gasteiger charge is -2.41. The number of carbonyl (C=O) groups excluding carboxylic acids is 1. The number of fused-ring (bicyclic) bond motifs is 2. The summed E-state index contributed by atoms with van der Waals surface area (Å²) in [5.41, 5.74) is -1.11. The molecule has 0 radical (unpaired) electrons. The Morgan fingerprint density at radius 1 is 1.21 bits per heavy atom. The van der Waals surface area contributed by atoms with Crippen LogP contribution in [-0.2, 0) is 20.9 Å². The first-order valence-electron chi connectivity index (χ1n) is 9.51. The van der Waals surface area contributed by atoms with Crippen molar-refractivity contribution in [3.63, 3.8) is 0 Å². The molecule has 2 saturated carbocycles. The van der Waals surface area contributed by atoms with Gasteiger partial charge in [0.25, 0.3) is 0 Å². The maximum Gasteiger partial charge on any atom is 0.408 e. The van der Waals surface area contributed by atoms with Crippen molar-refractivity contribution in [3.8, 4) is 0 Å². The molecule has 7 heteroatoms. The second-order valence-corrected chi connectivity index (χ2v) is 7.52. The van der Waals surface area contributed by atoms with E-state index in [-0.39, 0.29) is 18.4 Å². The van der Waals surface area contributed by atoms with Gasteiger partial charge in [-0.15, -0.1) is 0 Å². The molecule has 0 heterocycles. The fourth-order valence-corrected chi connectivity index (χ4v) is 4.87. The van der Waals surface area contributed by atoms with Crippen LogP contribution in [0, 0.1) is 23.7 Å². The molecule has 7 nitrogen and oxygen atoms in total. The molecular formula is C21H25NO6. The zero-order valence-corrected chi connectivity index (χ0v) is 15.7. The Morgan fingerprint density at radius 2 is 1.93 bits per heavy atom. The topological polar surface area (TPSA) is 113 Å². The monoisotopic (exact) mass is 387 g/mol. The highest BCUT2D eigenvalue weighted by Gasteiger charge is 2.69. The van der Waals surface area contributed by atoms with E-state index in [1.54, 1.807) is 24.3 Å². The highest BCUT2D eigenvalue weighted by Crippen LogP contribution is 2.58. The molecular weight excluding hydrogens is 362 g/mol. The zero-order valence-electron chi connectivity index (χ0n) is 15.7. The molecule has 2 aliphatic carbocycles. The van der Waals surface area contributed by atoms with Gasteiger partial charge < -0.3 is 20.3 Å². The summed E-state index contributed by atoms with van der Waals surface area (Å²) in [6.45, 7) is 1.96. The minimum Gasteiger partial charge on any atom is -0.481 e. The Kier molecular flexibility index (Phi) is 5.72. The number of carbonyl (C=O) groups is 3. The molecule has 3 N–H and O–H groups in total. The largest absolute Gasteiger partial charge is 0.481 e. The van der Waals surface area contributed by atoms with Gasteiger partial charge >= 0.3 is 18.0 Å². The van der Waals surface area contributed by atoms with Crippen LogP contribution in [0.25, 0.3) is 0 Å². The maximum absolute atomic E-state index is 12.4. The van der Waals surface area contributed by atoms with E-state index in [4.69, 9.17) is 4.74 Å². The molecule has 0 spiro atoms. The van der Waals surface area contributed by atoms with Gasteiger partial charge in [0.05, 0.1) is 5.92 Å². The summed E-state index contributed by atoms with van der Waals surface area (Å²) < 4.78 is 5.19. The third kappa shape index (κ3) is 3.48. The number of rotatable bonds is 7. The summed E-state index contributed by atoms with van der Waals surface area (Å²) >= 11 is 0. The summed E-state index contributed by atoms with van der Waals surface area (Å²) in [4.78, 5) is 36.7. The normalized spacial score (nSPS) is 31.0. The minimum absolute atomic E-state index is 0.0205. The number of alkyl carbamates (subject to hydrolysis) is 1. The van der Waals surface area contributed by atoms with E-state index in [9.17, 15) is 24.6 Å². The summed E-state index contributed by atoms with van der Waals surface area (Å²) in [5, 5.41) is 22.2. The van der Waals surface area contributed by atoms with Gasteiger partial charge in [-0.25, -0.2) is 9.59 Å². The molecule has 1 aromatic carbocycles. The third-order valence-electron chi connectivity index (χ3n) is 5.96. The number of hydrogen-bond donors (Lipinski definition) is 3. The van der Waals surface area contributed by atoms with Gasteiger partial charge in [-0.05, 0) is 36.7 Å². The van der Waals surface area contributed by atoms with Gasteiger partial charge in [-0.1, -0.05) is 49.4 Å². The van der Waals surface area contributed by atoms with Crippen molar-refractivity contribution in [1.82, 2.24) is 5.32 Å². The van der Waals surface area contributed by atoms with Crippen LogP contribution in [0.5, 0.6) is 0 Å². The summed E-state index contributed by atoms with van der Waals surface area (Å²) in [6.07, 6.45) is 4.89. The van der Waals surface area contributed by atoms with Gasteiger partial charge in [0.1, 0.15) is 6.61 Å². The van der Waals surface area contributed by atoms with Crippen molar-refractivity contribution >= 4 is 18.0 Å². The Bertz CT molecular complexity index is 776. The van der Waals surface area contributed by atoms with Crippen molar-refractivity contribution in [2.75, 3.05) is 0 Å². The summed E-state index contributed by atoms with van der Waals surface area (Å²) in [5.74, 6) is -4.55. The third-order valence-corrected chi connectivity index (χ3v) is 5.96. The second kappa shape index (κ2) is 8.04. The van der Waals surface area contributed by atoms with Gasteiger partial charge in [0, 0.05) is 5.92 Å². The Hall–Kier alpha value is -2.83. The molecule has 2 fully saturated rings. The van der Waals surface area contributed by atoms with Crippen LogP contribution < -0.4 is 5.32 Å². The first-order chi connectivity index (χ1) is 13.4. The summed E-state index contributed by atoms with van der Waals surface area (Å²) in [6, 6.07) is 9.00. The highest BCUT2D eigenvalue weighted by molar-refractivity contribution is 5.92. The molecule has 0 aromatic heterocycles. The number of carboxylic acid groups (broad SMARTS) is 2. The maximum atomic E-state index is 12.4. The predicted molar refractivity (Wildman–Crippen MR) is 100 cm³/mol.